The van der Waals surface area contributed by atoms with Crippen LogP contribution in [0.3, 0.4) is 0 Å². The number of nitrogens with two attached hydrogens (primary N) is 1. The summed E-state index contributed by atoms with van der Waals surface area (Å²) in [6.07, 6.45) is 11.9. The maximum absolute atomic E-state index is 12.6. The first-order valence-electron chi connectivity index (χ1n) is 9.54. The van der Waals surface area contributed by atoms with E-state index in [0.29, 0.717) is 12.0 Å². The van der Waals surface area contributed by atoms with Gasteiger partial charge in [-0.15, -0.1) is 0 Å². The SMILES string of the molecule is NOC(c1cccc(C(=O)NC2CCCCC2)c1)C1CCCCC1. The summed E-state index contributed by atoms with van der Waals surface area (Å²) >= 11 is 0. The van der Waals surface area contributed by atoms with Crippen LogP contribution in [-0.2, 0) is 4.84 Å². The minimum absolute atomic E-state index is 0.0307. The van der Waals surface area contributed by atoms with Crippen molar-refractivity contribution >= 4 is 5.91 Å². The lowest BCUT2D eigenvalue weighted by Crippen LogP contribution is -2.36. The van der Waals surface area contributed by atoms with E-state index in [-0.39, 0.29) is 12.0 Å². The third kappa shape index (κ3) is 4.37. The second kappa shape index (κ2) is 8.63. The van der Waals surface area contributed by atoms with Crippen LogP contribution in [0.25, 0.3) is 0 Å². The van der Waals surface area contributed by atoms with Gasteiger partial charge in [-0.05, 0) is 49.3 Å². The maximum atomic E-state index is 12.6. The number of carbonyl (C=O) groups is 1. The Morgan fingerprint density at radius 2 is 1.71 bits per heavy atom. The summed E-state index contributed by atoms with van der Waals surface area (Å²) < 4.78 is 0. The maximum Gasteiger partial charge on any atom is 0.251 e. The highest BCUT2D eigenvalue weighted by molar-refractivity contribution is 5.94. The lowest BCUT2D eigenvalue weighted by molar-refractivity contribution is -0.00279. The highest BCUT2D eigenvalue weighted by Gasteiger charge is 2.26. The van der Waals surface area contributed by atoms with Gasteiger partial charge in [0.05, 0.1) is 0 Å². The molecule has 2 aliphatic carbocycles. The Bertz CT molecular complexity index is 534. The minimum atomic E-state index is -0.104. The van der Waals surface area contributed by atoms with Crippen LogP contribution in [0.15, 0.2) is 24.3 Å². The zero-order valence-electron chi connectivity index (χ0n) is 14.5. The molecule has 0 aromatic heterocycles. The summed E-state index contributed by atoms with van der Waals surface area (Å²) in [5, 5.41) is 3.19. The lowest BCUT2D eigenvalue weighted by atomic mass is 9.82. The highest BCUT2D eigenvalue weighted by atomic mass is 16.6. The number of rotatable bonds is 5. The van der Waals surface area contributed by atoms with Crippen LogP contribution in [0.2, 0.25) is 0 Å². The van der Waals surface area contributed by atoms with Crippen LogP contribution in [-0.4, -0.2) is 11.9 Å². The van der Waals surface area contributed by atoms with Crippen molar-refractivity contribution in [3.63, 3.8) is 0 Å². The molecule has 4 nitrogen and oxygen atoms in total. The van der Waals surface area contributed by atoms with Crippen LogP contribution in [0.4, 0.5) is 0 Å². The Labute approximate surface area is 145 Å². The minimum Gasteiger partial charge on any atom is -0.349 e. The number of hydrogen-bond donors (Lipinski definition) is 2. The second-order valence-corrected chi connectivity index (χ2v) is 7.39. The lowest BCUT2D eigenvalue weighted by Gasteiger charge is -2.29. The Balaban J connectivity index is 1.68. The monoisotopic (exact) mass is 330 g/mol. The second-order valence-electron chi connectivity index (χ2n) is 7.39. The van der Waals surface area contributed by atoms with Gasteiger partial charge in [-0.3, -0.25) is 9.63 Å². The molecule has 4 heteroatoms. The van der Waals surface area contributed by atoms with Crippen LogP contribution in [0.5, 0.6) is 0 Å². The van der Waals surface area contributed by atoms with Crippen LogP contribution in [0, 0.1) is 5.92 Å². The largest absolute Gasteiger partial charge is 0.349 e. The molecule has 1 aromatic carbocycles. The molecule has 0 radical (unpaired) electrons. The molecule has 132 valence electrons. The molecule has 1 unspecified atom stereocenters. The molecule has 0 spiro atoms. The number of nitrogens with one attached hydrogen (secondary N) is 1. The van der Waals surface area contributed by atoms with Crippen molar-refractivity contribution in [2.45, 2.75) is 76.4 Å². The van der Waals surface area contributed by atoms with E-state index in [4.69, 9.17) is 10.7 Å². The summed E-state index contributed by atoms with van der Waals surface area (Å²) in [7, 11) is 0. The summed E-state index contributed by atoms with van der Waals surface area (Å²) in [6.45, 7) is 0. The van der Waals surface area contributed by atoms with Gasteiger partial charge in [-0.2, -0.15) is 0 Å². The summed E-state index contributed by atoms with van der Waals surface area (Å²) in [4.78, 5) is 17.9. The van der Waals surface area contributed by atoms with Gasteiger partial charge in [0, 0.05) is 11.6 Å². The van der Waals surface area contributed by atoms with E-state index >= 15 is 0 Å². The topological polar surface area (TPSA) is 64.3 Å². The number of amides is 1. The molecule has 2 aliphatic rings. The molecule has 1 aromatic rings. The standard InChI is InChI=1S/C20H30N2O2/c21-24-19(15-8-3-1-4-9-15)16-10-7-11-17(14-16)20(23)22-18-12-5-2-6-13-18/h7,10-11,14-15,18-19H,1-6,8-9,12-13,21H2,(H,22,23). The van der Waals surface area contributed by atoms with Crippen molar-refractivity contribution in [3.05, 3.63) is 35.4 Å². The van der Waals surface area contributed by atoms with Crippen molar-refractivity contribution < 1.29 is 9.63 Å². The van der Waals surface area contributed by atoms with Gasteiger partial charge in [0.25, 0.3) is 5.91 Å². The van der Waals surface area contributed by atoms with E-state index in [9.17, 15) is 4.79 Å². The Kier molecular flexibility index (Phi) is 6.27. The van der Waals surface area contributed by atoms with Crippen molar-refractivity contribution in [1.29, 1.82) is 0 Å². The third-order valence-corrected chi connectivity index (χ3v) is 5.64. The number of benzene rings is 1. The van der Waals surface area contributed by atoms with E-state index in [2.05, 4.69) is 5.32 Å². The zero-order chi connectivity index (χ0) is 16.8. The molecule has 2 saturated carbocycles. The number of hydrogen-bond acceptors (Lipinski definition) is 3. The zero-order valence-corrected chi connectivity index (χ0v) is 14.5. The molecular formula is C20H30N2O2. The quantitative estimate of drug-likeness (QED) is 0.793. The fourth-order valence-electron chi connectivity index (χ4n) is 4.27. The Morgan fingerprint density at radius 1 is 1.04 bits per heavy atom. The molecule has 3 rings (SSSR count). The first-order valence-corrected chi connectivity index (χ1v) is 9.54. The van der Waals surface area contributed by atoms with E-state index in [1.54, 1.807) is 0 Å². The van der Waals surface area contributed by atoms with Crippen molar-refractivity contribution in [3.8, 4) is 0 Å². The summed E-state index contributed by atoms with van der Waals surface area (Å²) in [5.41, 5.74) is 1.75. The van der Waals surface area contributed by atoms with Gasteiger partial charge in [0.1, 0.15) is 6.10 Å². The smallest absolute Gasteiger partial charge is 0.251 e. The van der Waals surface area contributed by atoms with Crippen LogP contribution in [0.1, 0.15) is 86.2 Å². The average molecular weight is 330 g/mol. The molecule has 0 bridgehead atoms. The van der Waals surface area contributed by atoms with Gasteiger partial charge in [-0.25, -0.2) is 5.90 Å². The van der Waals surface area contributed by atoms with Crippen molar-refractivity contribution in [2.24, 2.45) is 11.8 Å². The molecule has 1 atom stereocenters. The average Bonchev–Trinajstić information content (AvgIpc) is 2.64. The van der Waals surface area contributed by atoms with Gasteiger partial charge in [0.2, 0.25) is 0 Å². The van der Waals surface area contributed by atoms with Gasteiger partial charge >= 0.3 is 0 Å². The van der Waals surface area contributed by atoms with E-state index in [1.807, 2.05) is 24.3 Å². The molecule has 3 N–H and O–H groups in total. The third-order valence-electron chi connectivity index (χ3n) is 5.64. The highest BCUT2D eigenvalue weighted by Crippen LogP contribution is 2.36. The normalized spacial score (nSPS) is 21.4. The summed E-state index contributed by atoms with van der Waals surface area (Å²) in [5.74, 6) is 6.10. The van der Waals surface area contributed by atoms with Crippen molar-refractivity contribution in [2.75, 3.05) is 0 Å². The fourth-order valence-corrected chi connectivity index (χ4v) is 4.27. The molecule has 0 aliphatic heterocycles. The molecule has 2 fully saturated rings. The predicted octanol–water partition coefficient (Wildman–Crippen LogP) is 4.26. The van der Waals surface area contributed by atoms with E-state index < -0.39 is 0 Å². The fraction of sp³-hybridized carbons (Fsp3) is 0.650. The first kappa shape index (κ1) is 17.4. The predicted molar refractivity (Wildman–Crippen MR) is 95.4 cm³/mol. The summed E-state index contributed by atoms with van der Waals surface area (Å²) in [6, 6.07) is 8.15. The van der Waals surface area contributed by atoms with Gasteiger partial charge in [-0.1, -0.05) is 50.7 Å². The van der Waals surface area contributed by atoms with Gasteiger partial charge < -0.3 is 5.32 Å². The number of carbonyl (C=O) groups excluding carboxylic acids is 1. The van der Waals surface area contributed by atoms with Crippen LogP contribution >= 0.6 is 0 Å². The van der Waals surface area contributed by atoms with E-state index in [0.717, 1.165) is 36.8 Å². The van der Waals surface area contributed by atoms with Crippen molar-refractivity contribution in [1.82, 2.24) is 5.32 Å². The molecule has 0 heterocycles. The molecular weight excluding hydrogens is 300 g/mol. The van der Waals surface area contributed by atoms with E-state index in [1.165, 1.54) is 38.5 Å². The Hall–Kier alpha value is -1.39. The molecule has 0 saturated heterocycles. The Morgan fingerprint density at radius 3 is 2.38 bits per heavy atom. The molecule has 24 heavy (non-hydrogen) atoms. The first-order chi connectivity index (χ1) is 11.8. The molecule has 1 amide bonds. The van der Waals surface area contributed by atoms with Gasteiger partial charge in [0.15, 0.2) is 0 Å². The van der Waals surface area contributed by atoms with Crippen LogP contribution < -0.4 is 11.2 Å².